The Morgan fingerprint density at radius 3 is 2.48 bits per heavy atom. The predicted octanol–water partition coefficient (Wildman–Crippen LogP) is 6.21. The second-order valence-electron chi connectivity index (χ2n) is 13.6. The number of carbonyl (C=O) groups excluding carboxylic acids is 3. The molecule has 2 aromatic carbocycles. The summed E-state index contributed by atoms with van der Waals surface area (Å²) in [5, 5.41) is 12.8. The number of carboxylic acids is 1. The molecular formula is C34H31BrF3N3O7S2. The number of benzene rings is 2. The number of thiazole rings is 1. The molecule has 0 spiro atoms. The Balaban J connectivity index is 1.22. The molecule has 1 aromatic heterocycles. The van der Waals surface area contributed by atoms with Crippen LogP contribution in [0.4, 0.5) is 18.9 Å². The lowest BCUT2D eigenvalue weighted by Gasteiger charge is -2.43. The van der Waals surface area contributed by atoms with E-state index < -0.39 is 71.5 Å². The Morgan fingerprint density at radius 2 is 1.80 bits per heavy atom. The molecule has 50 heavy (non-hydrogen) atoms. The first-order valence-corrected chi connectivity index (χ1v) is 18.5. The second-order valence-corrected chi connectivity index (χ2v) is 16.7. The summed E-state index contributed by atoms with van der Waals surface area (Å²) < 4.78 is 47.3. The number of likely N-dealkylation sites (tertiary alicyclic amines) is 1. The zero-order valence-electron chi connectivity index (χ0n) is 26.5. The molecular weight excluding hydrogens is 763 g/mol. The number of imide groups is 1. The van der Waals surface area contributed by atoms with E-state index in [0.717, 1.165) is 28.4 Å². The molecule has 4 aliphatic rings. The minimum absolute atomic E-state index is 0.0689. The molecule has 2 aliphatic carbocycles. The van der Waals surface area contributed by atoms with Gasteiger partial charge in [0.05, 0.1) is 28.1 Å². The summed E-state index contributed by atoms with van der Waals surface area (Å²) in [6, 6.07) is 8.50. The fraction of sp³-hybridized carbons (Fsp3) is 0.441. The van der Waals surface area contributed by atoms with Gasteiger partial charge >= 0.3 is 17.0 Å². The number of para-hydroxylation sites is 1. The van der Waals surface area contributed by atoms with Crippen molar-refractivity contribution in [3.05, 3.63) is 72.6 Å². The van der Waals surface area contributed by atoms with Gasteiger partial charge < -0.3 is 20.1 Å². The van der Waals surface area contributed by atoms with Crippen LogP contribution < -0.4 is 14.9 Å². The van der Waals surface area contributed by atoms with Crippen LogP contribution in [-0.2, 0) is 25.4 Å². The number of hydrogen-bond donors (Lipinski definition) is 3. The van der Waals surface area contributed by atoms with Gasteiger partial charge in [-0.05, 0) is 66.8 Å². The number of fused-ring (bicyclic) bond motifs is 9. The number of carboxylic acid groups (broad SMARTS) is 1. The first kappa shape index (κ1) is 34.8. The molecule has 2 aliphatic heterocycles. The lowest BCUT2D eigenvalue weighted by atomic mass is 9.68. The summed E-state index contributed by atoms with van der Waals surface area (Å²) in [6.07, 6.45) is -3.97. The maximum absolute atomic E-state index is 14.1. The lowest BCUT2D eigenvalue weighted by molar-refractivity contribution is -0.156. The molecule has 3 aromatic rings. The molecule has 1 saturated heterocycles. The number of thioether (sulfide) groups is 1. The normalized spacial score (nSPS) is 27.3. The number of hydrogen-bond acceptors (Lipinski definition) is 8. The van der Waals surface area contributed by atoms with Gasteiger partial charge in [-0.2, -0.15) is 13.2 Å². The number of H-pyrrole nitrogens is 1. The third-order valence-corrected chi connectivity index (χ3v) is 13.3. The molecule has 7 rings (SSSR count). The van der Waals surface area contributed by atoms with E-state index >= 15 is 0 Å². The van der Waals surface area contributed by atoms with Gasteiger partial charge in [0.2, 0.25) is 11.8 Å². The van der Waals surface area contributed by atoms with E-state index in [1.165, 1.54) is 23.9 Å². The van der Waals surface area contributed by atoms with Crippen molar-refractivity contribution in [1.29, 1.82) is 0 Å². The molecule has 3 amide bonds. The lowest BCUT2D eigenvalue weighted by Crippen LogP contribution is -2.47. The molecule has 2 bridgehead atoms. The summed E-state index contributed by atoms with van der Waals surface area (Å²) in [6.45, 7) is 3.06. The summed E-state index contributed by atoms with van der Waals surface area (Å²) in [5.41, 5.74) is -0.792. The Bertz CT molecular complexity index is 1970. The number of nitrogens with one attached hydrogen (secondary N) is 2. The number of ether oxygens (including phenoxy) is 1. The van der Waals surface area contributed by atoms with Crippen LogP contribution in [0, 0.1) is 35.5 Å². The van der Waals surface area contributed by atoms with Crippen molar-refractivity contribution in [2.24, 2.45) is 35.5 Å². The van der Waals surface area contributed by atoms with Crippen molar-refractivity contribution < 1.29 is 42.2 Å². The van der Waals surface area contributed by atoms with E-state index in [4.69, 9.17) is 4.74 Å². The number of aromatic nitrogens is 1. The summed E-state index contributed by atoms with van der Waals surface area (Å²) in [7, 11) is 0. The van der Waals surface area contributed by atoms with Gasteiger partial charge in [0.1, 0.15) is 11.8 Å². The van der Waals surface area contributed by atoms with Gasteiger partial charge in [0, 0.05) is 26.1 Å². The molecule has 3 heterocycles. The highest BCUT2D eigenvalue weighted by molar-refractivity contribution is 9.10. The summed E-state index contributed by atoms with van der Waals surface area (Å²) >= 11 is 6.02. The average Bonchev–Trinajstić information content (AvgIpc) is 3.77. The van der Waals surface area contributed by atoms with Crippen LogP contribution in [0.1, 0.15) is 48.6 Å². The second kappa shape index (κ2) is 12.9. The number of aromatic amines is 1. The highest BCUT2D eigenvalue weighted by Gasteiger charge is 2.70. The van der Waals surface area contributed by atoms with Crippen LogP contribution in [0.15, 0.2) is 56.8 Å². The molecule has 8 atom stereocenters. The van der Waals surface area contributed by atoms with Crippen LogP contribution in [0.2, 0.25) is 0 Å². The molecule has 3 fully saturated rings. The summed E-state index contributed by atoms with van der Waals surface area (Å²) in [4.78, 5) is 70.3. The van der Waals surface area contributed by atoms with E-state index in [9.17, 15) is 42.3 Å². The zero-order chi connectivity index (χ0) is 35.8. The highest BCUT2D eigenvalue weighted by atomic mass is 79.9. The number of alkyl halides is 3. The quantitative estimate of drug-likeness (QED) is 0.217. The number of aliphatic carboxylic acids is 1. The van der Waals surface area contributed by atoms with Crippen LogP contribution >= 0.6 is 39.0 Å². The number of anilines is 1. The van der Waals surface area contributed by atoms with Gasteiger partial charge in [-0.1, -0.05) is 53.2 Å². The number of carbonyl (C=O) groups is 4. The van der Waals surface area contributed by atoms with Gasteiger partial charge in [-0.25, -0.2) is 4.79 Å². The SMILES string of the molecule is CC(C)CC(C(=O)O)N1C(=O)C2C3CC(C2C1=O)C1C3Sc2[nH]c(=O)sc2[C@@H]1c1cc(Br)ccc1OCC(=O)Nc1ccccc1C(F)(F)F. The van der Waals surface area contributed by atoms with Crippen LogP contribution in [0.25, 0.3) is 0 Å². The van der Waals surface area contributed by atoms with Gasteiger partial charge in [-0.15, -0.1) is 11.8 Å². The van der Waals surface area contributed by atoms with Crippen molar-refractivity contribution in [2.75, 3.05) is 11.9 Å². The Labute approximate surface area is 300 Å². The minimum atomic E-state index is -4.68. The van der Waals surface area contributed by atoms with E-state index in [0.29, 0.717) is 26.4 Å². The minimum Gasteiger partial charge on any atom is -0.483 e. The third-order valence-electron chi connectivity index (χ3n) is 10.2. The van der Waals surface area contributed by atoms with Crippen molar-refractivity contribution >= 4 is 68.4 Å². The van der Waals surface area contributed by atoms with E-state index in [1.807, 2.05) is 13.8 Å². The topological polar surface area (TPSA) is 146 Å². The number of halogens is 4. The number of rotatable bonds is 9. The fourth-order valence-electron chi connectivity index (χ4n) is 8.52. The largest absolute Gasteiger partial charge is 0.483 e. The smallest absolute Gasteiger partial charge is 0.418 e. The van der Waals surface area contributed by atoms with Gasteiger partial charge in [0.15, 0.2) is 6.61 Å². The van der Waals surface area contributed by atoms with Crippen molar-refractivity contribution in [1.82, 2.24) is 9.88 Å². The molecule has 7 unspecified atom stereocenters. The van der Waals surface area contributed by atoms with Crippen molar-refractivity contribution in [2.45, 2.75) is 55.1 Å². The third kappa shape index (κ3) is 5.86. The van der Waals surface area contributed by atoms with Gasteiger partial charge in [-0.3, -0.25) is 24.1 Å². The Kier molecular flexibility index (Phi) is 8.94. The van der Waals surface area contributed by atoms with E-state index in [2.05, 4.69) is 26.2 Å². The van der Waals surface area contributed by atoms with Crippen LogP contribution in [0.5, 0.6) is 5.75 Å². The Morgan fingerprint density at radius 1 is 1.10 bits per heavy atom. The molecule has 10 nitrogen and oxygen atoms in total. The first-order valence-electron chi connectivity index (χ1n) is 16.0. The van der Waals surface area contributed by atoms with Crippen molar-refractivity contribution in [3.8, 4) is 5.75 Å². The van der Waals surface area contributed by atoms with Gasteiger partial charge in [0.25, 0.3) is 5.91 Å². The molecule has 264 valence electrons. The average molecular weight is 795 g/mol. The molecule has 0 radical (unpaired) electrons. The van der Waals surface area contributed by atoms with Crippen molar-refractivity contribution in [3.63, 3.8) is 0 Å². The fourth-order valence-corrected chi connectivity index (χ4v) is 11.8. The molecule has 2 saturated carbocycles. The van der Waals surface area contributed by atoms with E-state index in [1.54, 1.807) is 18.2 Å². The summed E-state index contributed by atoms with van der Waals surface area (Å²) in [5.74, 6) is -5.43. The van der Waals surface area contributed by atoms with E-state index in [-0.39, 0.29) is 46.0 Å². The predicted molar refractivity (Wildman–Crippen MR) is 181 cm³/mol. The first-order chi connectivity index (χ1) is 23.6. The number of nitrogens with zero attached hydrogens (tertiary/aromatic N) is 1. The Hall–Kier alpha value is -3.63. The zero-order valence-corrected chi connectivity index (χ0v) is 29.8. The maximum atomic E-state index is 14.1. The maximum Gasteiger partial charge on any atom is 0.418 e. The molecule has 16 heteroatoms. The van der Waals surface area contributed by atoms with Crippen LogP contribution in [-0.4, -0.2) is 56.6 Å². The number of amides is 3. The highest BCUT2D eigenvalue weighted by Crippen LogP contribution is 2.69. The monoisotopic (exact) mass is 793 g/mol. The standard InChI is InChI=1S/C34H31BrF3N3O7S2/c1-13(2)9-20(32(45)46)41-30(43)25-16-11-17(26(25)31(41)44)27-24(16)23(28-29(49-27)40-33(47)50-28)15-10-14(35)7-8-21(15)48-12-22(42)39-19-6-4-3-5-18(19)34(36,37)38/h3-8,10,13,16-17,20,23-27H,9,11-12H2,1-2H3,(H,39,42)(H,40,47)(H,45,46)/t16?,17?,20?,23-,24?,25?,26?,27?/m1/s1. The van der Waals surface area contributed by atoms with Crippen LogP contribution in [0.3, 0.4) is 0 Å². The molecule has 3 N–H and O–H groups in total.